The van der Waals surface area contributed by atoms with Gasteiger partial charge in [0, 0.05) is 13.0 Å². The molecule has 1 fully saturated rings. The molecule has 1 aliphatic heterocycles. The van der Waals surface area contributed by atoms with Crippen molar-refractivity contribution >= 4 is 5.91 Å². The van der Waals surface area contributed by atoms with E-state index < -0.39 is 6.10 Å². The minimum absolute atomic E-state index is 0.219. The topological polar surface area (TPSA) is 66.6 Å². The lowest BCUT2D eigenvalue weighted by Crippen LogP contribution is -2.32. The second-order valence-electron chi connectivity index (χ2n) is 5.43. The normalized spacial score (nSPS) is 21.3. The maximum Gasteiger partial charge on any atom is 0.259 e. The monoisotopic (exact) mass is 304 g/mol. The van der Waals surface area contributed by atoms with Gasteiger partial charge in [0.15, 0.2) is 0 Å². The van der Waals surface area contributed by atoms with Crippen LogP contribution >= 0.6 is 0 Å². The molecule has 0 bridgehead atoms. The van der Waals surface area contributed by atoms with E-state index in [9.17, 15) is 14.3 Å². The Balaban J connectivity index is 1.90. The predicted molar refractivity (Wildman–Crippen MR) is 76.7 cm³/mol. The lowest BCUT2D eigenvalue weighted by molar-refractivity contribution is 0.0713. The maximum atomic E-state index is 13.1. The summed E-state index contributed by atoms with van der Waals surface area (Å²) in [6.45, 7) is 2.13. The molecule has 0 saturated carbocycles. The number of carbonyl (C=O) groups excluding carboxylic acids is 1. The molecule has 2 aromatic rings. The first-order valence-electron chi connectivity index (χ1n) is 7.28. The second kappa shape index (κ2) is 5.88. The molecule has 5 nitrogen and oxygen atoms in total. The third-order valence-electron chi connectivity index (χ3n) is 3.99. The molecule has 0 aliphatic carbocycles. The van der Waals surface area contributed by atoms with Crippen LogP contribution in [0.25, 0.3) is 0 Å². The molecule has 0 unspecified atom stereocenters. The molecule has 116 valence electrons. The van der Waals surface area contributed by atoms with Crippen molar-refractivity contribution in [3.05, 3.63) is 53.2 Å². The molecule has 3 rings (SSSR count). The average molecular weight is 304 g/mol. The Morgan fingerprint density at radius 3 is 2.86 bits per heavy atom. The lowest BCUT2D eigenvalue weighted by Gasteiger charge is -2.24. The highest BCUT2D eigenvalue weighted by molar-refractivity contribution is 5.95. The number of benzene rings is 1. The Hall–Kier alpha value is -2.21. The molecule has 1 aromatic heterocycles. The maximum absolute atomic E-state index is 13.1. The first kappa shape index (κ1) is 14.7. The summed E-state index contributed by atoms with van der Waals surface area (Å²) in [5, 5.41) is 13.6. The predicted octanol–water partition coefficient (Wildman–Crippen LogP) is 2.32. The van der Waals surface area contributed by atoms with Gasteiger partial charge in [0.1, 0.15) is 17.1 Å². The number of carbonyl (C=O) groups is 1. The fraction of sp³-hybridized carbons (Fsp3) is 0.375. The van der Waals surface area contributed by atoms with Crippen molar-refractivity contribution in [3.8, 4) is 0 Å². The first-order chi connectivity index (χ1) is 10.6. The summed E-state index contributed by atoms with van der Waals surface area (Å²) >= 11 is 0. The minimum atomic E-state index is -0.594. The van der Waals surface area contributed by atoms with E-state index in [1.165, 1.54) is 18.3 Å². The van der Waals surface area contributed by atoms with Gasteiger partial charge in [0.25, 0.3) is 5.91 Å². The van der Waals surface area contributed by atoms with Crippen LogP contribution in [0.2, 0.25) is 0 Å². The molecule has 1 amide bonds. The van der Waals surface area contributed by atoms with E-state index in [0.717, 1.165) is 5.56 Å². The average Bonchev–Trinajstić information content (AvgIpc) is 3.13. The van der Waals surface area contributed by atoms with Gasteiger partial charge in [-0.1, -0.05) is 24.2 Å². The van der Waals surface area contributed by atoms with E-state index >= 15 is 0 Å². The molecule has 22 heavy (non-hydrogen) atoms. The number of rotatable bonds is 3. The first-order valence-corrected chi connectivity index (χ1v) is 7.28. The summed E-state index contributed by atoms with van der Waals surface area (Å²) < 4.78 is 18.1. The number of nitrogens with zero attached hydrogens (tertiary/aromatic N) is 2. The van der Waals surface area contributed by atoms with Gasteiger partial charge >= 0.3 is 0 Å². The Labute approximate surface area is 127 Å². The fourth-order valence-electron chi connectivity index (χ4n) is 2.89. The standard InChI is InChI=1S/C16H17FN2O3/c1-2-15-13(8-18-22-15)16(21)19-9-12(20)7-14(19)10-3-5-11(17)6-4-10/h3-6,8,12,14,20H,2,7,9H2,1H3/t12-,14-/m0/s1. The number of likely N-dealkylation sites (tertiary alicyclic amines) is 1. The number of aliphatic hydroxyl groups excluding tert-OH is 1. The van der Waals surface area contributed by atoms with Crippen molar-refractivity contribution in [2.75, 3.05) is 6.54 Å². The molecule has 1 saturated heterocycles. The largest absolute Gasteiger partial charge is 0.391 e. The van der Waals surface area contributed by atoms with Gasteiger partial charge in [0.05, 0.1) is 18.3 Å². The van der Waals surface area contributed by atoms with Crippen LogP contribution in [0.1, 0.15) is 41.1 Å². The summed E-state index contributed by atoms with van der Waals surface area (Å²) in [5.41, 5.74) is 1.23. The van der Waals surface area contributed by atoms with E-state index in [4.69, 9.17) is 4.52 Å². The van der Waals surface area contributed by atoms with Crippen molar-refractivity contribution in [1.29, 1.82) is 0 Å². The molecule has 2 heterocycles. The third kappa shape index (κ3) is 2.62. The van der Waals surface area contributed by atoms with Crippen LogP contribution in [0.3, 0.4) is 0 Å². The summed E-state index contributed by atoms with van der Waals surface area (Å²) in [4.78, 5) is 14.3. The third-order valence-corrected chi connectivity index (χ3v) is 3.99. The van der Waals surface area contributed by atoms with Crippen LogP contribution in [-0.2, 0) is 6.42 Å². The zero-order valence-corrected chi connectivity index (χ0v) is 12.2. The van der Waals surface area contributed by atoms with Crippen molar-refractivity contribution in [1.82, 2.24) is 10.1 Å². The number of hydrogen-bond acceptors (Lipinski definition) is 4. The van der Waals surface area contributed by atoms with Crippen molar-refractivity contribution in [3.63, 3.8) is 0 Å². The Kier molecular flexibility index (Phi) is 3.94. The minimum Gasteiger partial charge on any atom is -0.391 e. The molecule has 1 N–H and O–H groups in total. The zero-order valence-electron chi connectivity index (χ0n) is 12.2. The number of hydrogen-bond donors (Lipinski definition) is 1. The summed E-state index contributed by atoms with van der Waals surface area (Å²) in [5.74, 6) is -0.0132. The van der Waals surface area contributed by atoms with Crippen LogP contribution in [0.15, 0.2) is 35.0 Å². The van der Waals surface area contributed by atoms with Gasteiger partial charge in [-0.3, -0.25) is 4.79 Å². The van der Waals surface area contributed by atoms with Gasteiger partial charge in [-0.25, -0.2) is 4.39 Å². The van der Waals surface area contributed by atoms with Crippen LogP contribution in [0, 0.1) is 5.82 Å². The van der Waals surface area contributed by atoms with Crippen molar-refractivity contribution < 1.29 is 18.8 Å². The molecule has 2 atom stereocenters. The number of aromatic nitrogens is 1. The van der Waals surface area contributed by atoms with Gasteiger partial charge in [-0.2, -0.15) is 0 Å². The Morgan fingerprint density at radius 2 is 2.18 bits per heavy atom. The van der Waals surface area contributed by atoms with Gasteiger partial charge in [-0.15, -0.1) is 0 Å². The van der Waals surface area contributed by atoms with Gasteiger partial charge < -0.3 is 14.5 Å². The molecule has 1 aromatic carbocycles. The Morgan fingerprint density at radius 1 is 1.45 bits per heavy atom. The van der Waals surface area contributed by atoms with Gasteiger partial charge in [-0.05, 0) is 24.1 Å². The van der Waals surface area contributed by atoms with E-state index in [1.54, 1.807) is 17.0 Å². The molecular formula is C16H17FN2O3. The second-order valence-corrected chi connectivity index (χ2v) is 5.43. The number of aryl methyl sites for hydroxylation is 1. The van der Waals surface area contributed by atoms with E-state index in [0.29, 0.717) is 24.2 Å². The van der Waals surface area contributed by atoms with Gasteiger partial charge in [0.2, 0.25) is 0 Å². The summed E-state index contributed by atoms with van der Waals surface area (Å²) in [6.07, 6.45) is 1.82. The van der Waals surface area contributed by atoms with E-state index in [2.05, 4.69) is 5.16 Å². The molecule has 0 radical (unpaired) electrons. The smallest absolute Gasteiger partial charge is 0.259 e. The summed E-state index contributed by atoms with van der Waals surface area (Å²) in [6, 6.07) is 5.74. The molecular weight excluding hydrogens is 287 g/mol. The van der Waals surface area contributed by atoms with Crippen LogP contribution in [-0.4, -0.2) is 33.7 Å². The Bertz CT molecular complexity index is 668. The zero-order chi connectivity index (χ0) is 15.7. The number of halogens is 1. The van der Waals surface area contributed by atoms with Crippen molar-refractivity contribution in [2.45, 2.75) is 31.9 Å². The summed E-state index contributed by atoms with van der Waals surface area (Å²) in [7, 11) is 0. The number of aliphatic hydroxyl groups is 1. The highest BCUT2D eigenvalue weighted by atomic mass is 19.1. The van der Waals surface area contributed by atoms with E-state index in [1.807, 2.05) is 6.92 Å². The fourth-order valence-corrected chi connectivity index (χ4v) is 2.89. The highest BCUT2D eigenvalue weighted by Gasteiger charge is 2.37. The van der Waals surface area contributed by atoms with E-state index in [-0.39, 0.29) is 24.3 Å². The van der Waals surface area contributed by atoms with Crippen molar-refractivity contribution in [2.24, 2.45) is 0 Å². The SMILES string of the molecule is CCc1oncc1C(=O)N1C[C@@H](O)C[C@H]1c1ccc(F)cc1. The highest BCUT2D eigenvalue weighted by Crippen LogP contribution is 2.34. The van der Waals surface area contributed by atoms with Crippen LogP contribution < -0.4 is 0 Å². The number of amides is 1. The van der Waals surface area contributed by atoms with Crippen LogP contribution in [0.4, 0.5) is 4.39 Å². The quantitative estimate of drug-likeness (QED) is 0.945. The lowest BCUT2D eigenvalue weighted by atomic mass is 10.0. The molecule has 1 aliphatic rings. The van der Waals surface area contributed by atoms with Crippen LogP contribution in [0.5, 0.6) is 0 Å². The number of β-amino-alcohol motifs (C(OH)–C–C–N with tert-alkyl or cyclic N) is 1. The molecule has 0 spiro atoms. The molecule has 6 heteroatoms.